The molecule has 1 fully saturated rings. The first-order valence-corrected chi connectivity index (χ1v) is 13.0. The van der Waals surface area contributed by atoms with Crippen LogP contribution in [0, 0.1) is 6.92 Å². The second-order valence-corrected chi connectivity index (χ2v) is 9.97. The molecule has 0 saturated carbocycles. The van der Waals surface area contributed by atoms with E-state index in [9.17, 15) is 9.59 Å². The van der Waals surface area contributed by atoms with Crippen LogP contribution in [0.4, 0.5) is 4.79 Å². The molecule has 1 aromatic heterocycles. The van der Waals surface area contributed by atoms with Gasteiger partial charge in [0.2, 0.25) is 0 Å². The first kappa shape index (κ1) is 26.3. The van der Waals surface area contributed by atoms with Gasteiger partial charge < -0.3 is 15.0 Å². The van der Waals surface area contributed by atoms with Crippen LogP contribution in [-0.2, 0) is 4.74 Å². The highest BCUT2D eigenvalue weighted by Gasteiger charge is 2.28. The molecule has 0 atom stereocenters. The minimum Gasteiger partial charge on any atom is -0.449 e. The number of halogens is 3. The average Bonchev–Trinajstić information content (AvgIpc) is 3.20. The molecule has 2 heterocycles. The number of nitrogens with one attached hydrogen (secondary N) is 1. The summed E-state index contributed by atoms with van der Waals surface area (Å²) in [7, 11) is 0. The minimum atomic E-state index is -0.302. The largest absolute Gasteiger partial charge is 0.449 e. The molecular weight excluding hydrogens is 523 g/mol. The molecule has 2 aromatic carbocycles. The van der Waals surface area contributed by atoms with Crippen LogP contribution >= 0.6 is 34.8 Å². The molecule has 1 saturated heterocycles. The van der Waals surface area contributed by atoms with Gasteiger partial charge in [-0.25, -0.2) is 9.48 Å². The Kier molecular flexibility index (Phi) is 8.44. The van der Waals surface area contributed by atoms with E-state index < -0.39 is 0 Å². The molecule has 3 aromatic rings. The van der Waals surface area contributed by atoms with E-state index in [2.05, 4.69) is 10.4 Å². The van der Waals surface area contributed by atoms with E-state index in [1.54, 1.807) is 39.9 Å². The van der Waals surface area contributed by atoms with Crippen LogP contribution in [0.5, 0.6) is 0 Å². The van der Waals surface area contributed by atoms with Crippen molar-refractivity contribution in [2.45, 2.75) is 39.2 Å². The van der Waals surface area contributed by atoms with Crippen LogP contribution in [0.15, 0.2) is 42.5 Å². The zero-order valence-corrected chi connectivity index (χ0v) is 22.3. The number of nitrogens with zero attached hydrogens (tertiary/aromatic N) is 3. The van der Waals surface area contributed by atoms with Gasteiger partial charge in [-0.15, -0.1) is 0 Å². The van der Waals surface area contributed by atoms with Gasteiger partial charge in [0.25, 0.3) is 5.91 Å². The average molecular weight is 550 g/mol. The zero-order chi connectivity index (χ0) is 25.8. The number of benzene rings is 2. The molecule has 190 valence electrons. The van der Waals surface area contributed by atoms with Gasteiger partial charge in [-0.05, 0) is 56.5 Å². The van der Waals surface area contributed by atoms with E-state index in [0.29, 0.717) is 64.6 Å². The predicted octanol–water partition coefficient (Wildman–Crippen LogP) is 6.55. The lowest BCUT2D eigenvalue weighted by molar-refractivity contribution is 0.0838. The van der Waals surface area contributed by atoms with E-state index in [-0.39, 0.29) is 18.0 Å². The van der Waals surface area contributed by atoms with E-state index >= 15 is 0 Å². The summed E-state index contributed by atoms with van der Waals surface area (Å²) < 4.78 is 6.88. The number of hydrogen-bond donors (Lipinski definition) is 1. The van der Waals surface area contributed by atoms with Crippen LogP contribution in [0.25, 0.3) is 16.9 Å². The Hall–Kier alpha value is -2.74. The van der Waals surface area contributed by atoms with Crippen LogP contribution in [0.1, 0.15) is 42.2 Å². The van der Waals surface area contributed by atoms with Gasteiger partial charge in [0.05, 0.1) is 23.0 Å². The molecule has 7 nitrogen and oxygen atoms in total. The molecule has 1 N–H and O–H groups in total. The number of carbonyl (C=O) groups is 2. The Balaban J connectivity index is 1.59. The van der Waals surface area contributed by atoms with Crippen molar-refractivity contribution in [3.8, 4) is 16.9 Å². The summed E-state index contributed by atoms with van der Waals surface area (Å²) in [6.07, 6.45) is 1.76. The third kappa shape index (κ3) is 5.80. The Bertz CT molecular complexity index is 1250. The lowest BCUT2D eigenvalue weighted by Gasteiger charge is -2.31. The molecule has 0 unspecified atom stereocenters. The summed E-state index contributed by atoms with van der Waals surface area (Å²) in [5, 5.41) is 9.28. The Morgan fingerprint density at radius 2 is 1.72 bits per heavy atom. The van der Waals surface area contributed by atoms with Crippen molar-refractivity contribution in [1.82, 2.24) is 20.0 Å². The monoisotopic (exact) mass is 548 g/mol. The van der Waals surface area contributed by atoms with Crippen molar-refractivity contribution < 1.29 is 14.3 Å². The number of carbonyl (C=O) groups excluding carboxylic acids is 2. The number of hydrogen-bond acceptors (Lipinski definition) is 4. The molecule has 1 aliphatic heterocycles. The van der Waals surface area contributed by atoms with Crippen molar-refractivity contribution in [2.24, 2.45) is 0 Å². The maximum Gasteiger partial charge on any atom is 0.409 e. The number of ether oxygens (including phenoxy) is 1. The number of likely N-dealkylation sites (tertiary alicyclic amines) is 1. The van der Waals surface area contributed by atoms with Gasteiger partial charge in [0.15, 0.2) is 5.69 Å². The van der Waals surface area contributed by atoms with Crippen molar-refractivity contribution in [3.05, 3.63) is 68.8 Å². The van der Waals surface area contributed by atoms with E-state index in [0.717, 1.165) is 17.7 Å². The molecule has 0 spiro atoms. The van der Waals surface area contributed by atoms with Gasteiger partial charge in [0, 0.05) is 40.3 Å². The van der Waals surface area contributed by atoms with Crippen LogP contribution in [-0.4, -0.2) is 52.4 Å². The molecule has 0 aliphatic carbocycles. The quantitative estimate of drug-likeness (QED) is 0.378. The maximum absolute atomic E-state index is 13.3. The SMILES string of the molecule is CCCOC(=O)N1CCC(NC(=O)c2nn(-c3ccc(Cl)cc3Cl)c(-c3ccc(Cl)cc3)c2C)CC1. The maximum atomic E-state index is 13.3. The molecule has 36 heavy (non-hydrogen) atoms. The Labute approximate surface area is 225 Å². The highest BCUT2D eigenvalue weighted by atomic mass is 35.5. The number of rotatable bonds is 6. The van der Waals surface area contributed by atoms with Gasteiger partial charge in [-0.1, -0.05) is 53.9 Å². The first-order chi connectivity index (χ1) is 17.3. The predicted molar refractivity (Wildman–Crippen MR) is 142 cm³/mol. The van der Waals surface area contributed by atoms with Crippen LogP contribution in [0.3, 0.4) is 0 Å². The summed E-state index contributed by atoms with van der Waals surface area (Å²) in [5.41, 5.74) is 3.19. The fourth-order valence-electron chi connectivity index (χ4n) is 4.23. The smallest absolute Gasteiger partial charge is 0.409 e. The molecule has 0 radical (unpaired) electrons. The number of aromatic nitrogens is 2. The van der Waals surface area contributed by atoms with Gasteiger partial charge in [-0.3, -0.25) is 4.79 Å². The summed E-state index contributed by atoms with van der Waals surface area (Å²) in [4.78, 5) is 27.1. The number of piperidine rings is 1. The second-order valence-electron chi connectivity index (χ2n) is 8.69. The summed E-state index contributed by atoms with van der Waals surface area (Å²) in [6, 6.07) is 12.4. The fraction of sp³-hybridized carbons (Fsp3) is 0.346. The first-order valence-electron chi connectivity index (χ1n) is 11.8. The van der Waals surface area contributed by atoms with Gasteiger partial charge in [0.1, 0.15) is 0 Å². The molecule has 1 aliphatic rings. The van der Waals surface area contributed by atoms with E-state index in [1.165, 1.54) is 0 Å². The lowest BCUT2D eigenvalue weighted by atomic mass is 10.0. The summed E-state index contributed by atoms with van der Waals surface area (Å²) in [5.74, 6) is -0.279. The normalized spacial score (nSPS) is 14.1. The van der Waals surface area contributed by atoms with Gasteiger partial charge in [-0.2, -0.15) is 5.10 Å². The van der Waals surface area contributed by atoms with E-state index in [4.69, 9.17) is 39.5 Å². The Morgan fingerprint density at radius 3 is 2.36 bits per heavy atom. The lowest BCUT2D eigenvalue weighted by Crippen LogP contribution is -2.46. The fourth-order valence-corrected chi connectivity index (χ4v) is 4.84. The molecule has 4 rings (SSSR count). The highest BCUT2D eigenvalue weighted by Crippen LogP contribution is 2.33. The van der Waals surface area contributed by atoms with Crippen molar-refractivity contribution in [2.75, 3.05) is 19.7 Å². The standard InChI is InChI=1S/C26H27Cl3N4O3/c1-3-14-36-26(35)32-12-10-20(11-13-32)30-25(34)23-16(2)24(17-4-6-18(27)7-5-17)33(31-23)22-9-8-19(28)15-21(22)29/h4-9,15,20H,3,10-14H2,1-2H3,(H,30,34). The molecule has 0 bridgehead atoms. The van der Waals surface area contributed by atoms with Crippen LogP contribution < -0.4 is 5.32 Å². The minimum absolute atomic E-state index is 0.0737. The summed E-state index contributed by atoms with van der Waals surface area (Å²) >= 11 is 18.7. The molecule has 10 heteroatoms. The third-order valence-electron chi connectivity index (χ3n) is 6.11. The Morgan fingerprint density at radius 1 is 1.06 bits per heavy atom. The second kappa shape index (κ2) is 11.5. The van der Waals surface area contributed by atoms with Crippen molar-refractivity contribution in [1.29, 1.82) is 0 Å². The van der Waals surface area contributed by atoms with Gasteiger partial charge >= 0.3 is 6.09 Å². The number of amides is 2. The molecular formula is C26H27Cl3N4O3. The highest BCUT2D eigenvalue weighted by molar-refractivity contribution is 6.35. The van der Waals surface area contributed by atoms with Crippen molar-refractivity contribution in [3.63, 3.8) is 0 Å². The third-order valence-corrected chi connectivity index (χ3v) is 6.90. The zero-order valence-electron chi connectivity index (χ0n) is 20.1. The summed E-state index contributed by atoms with van der Waals surface area (Å²) in [6.45, 7) is 5.27. The molecule has 2 amide bonds. The topological polar surface area (TPSA) is 76.5 Å². The van der Waals surface area contributed by atoms with Crippen molar-refractivity contribution >= 4 is 46.8 Å². The van der Waals surface area contributed by atoms with E-state index in [1.807, 2.05) is 26.0 Å². The van der Waals surface area contributed by atoms with Crippen LogP contribution in [0.2, 0.25) is 15.1 Å².